The fraction of sp³-hybridized carbons (Fsp3) is 0.500. The Kier molecular flexibility index (Phi) is 3.94. The smallest absolute Gasteiger partial charge is 0.323 e. The molecule has 0 aromatic carbocycles. The molecule has 0 aliphatic rings. The van der Waals surface area contributed by atoms with Crippen LogP contribution in [-0.2, 0) is 4.79 Å². The molecule has 0 fully saturated rings. The molecule has 1 N–H and O–H groups in total. The molecular formula is C12H16N4O2S. The van der Waals surface area contributed by atoms with Gasteiger partial charge in [-0.3, -0.25) is 4.79 Å². The maximum absolute atomic E-state index is 11.0. The second-order valence-corrected chi connectivity index (χ2v) is 5.57. The molecule has 0 aliphatic heterocycles. The first-order valence-electron chi connectivity index (χ1n) is 6.02. The van der Waals surface area contributed by atoms with Gasteiger partial charge in [0, 0.05) is 6.54 Å². The summed E-state index contributed by atoms with van der Waals surface area (Å²) in [6, 6.07) is 0. The minimum absolute atomic E-state index is 0.0699. The van der Waals surface area contributed by atoms with Gasteiger partial charge in [-0.1, -0.05) is 13.8 Å². The normalized spacial score (nSPS) is 11.2. The molecule has 102 valence electrons. The van der Waals surface area contributed by atoms with Crippen LogP contribution in [0.5, 0.6) is 0 Å². The molecular weight excluding hydrogens is 264 g/mol. The van der Waals surface area contributed by atoms with E-state index < -0.39 is 5.97 Å². The van der Waals surface area contributed by atoms with Crippen molar-refractivity contribution in [2.45, 2.75) is 20.8 Å². The molecule has 0 bridgehead atoms. The summed E-state index contributed by atoms with van der Waals surface area (Å²) in [5.74, 6) is 0.136. The molecule has 0 saturated heterocycles. The summed E-state index contributed by atoms with van der Waals surface area (Å²) >= 11 is 1.31. The lowest BCUT2D eigenvalue weighted by molar-refractivity contribution is -0.135. The molecule has 2 rings (SSSR count). The lowest BCUT2D eigenvalue weighted by Crippen LogP contribution is -2.33. The summed E-state index contributed by atoms with van der Waals surface area (Å²) < 4.78 is 4.26. The van der Waals surface area contributed by atoms with Gasteiger partial charge in [-0.2, -0.15) is 4.37 Å². The third-order valence-corrected chi connectivity index (χ3v) is 3.48. The standard InChI is InChI=1S/C12H16N4O2S/c1-7(2)4-16(5-9(17)18)11-10-8(3)15-19-12(10)14-6-13-11/h6-7H,4-5H2,1-3H3,(H,17,18). The summed E-state index contributed by atoms with van der Waals surface area (Å²) in [5.41, 5.74) is 0.842. The highest BCUT2D eigenvalue weighted by Crippen LogP contribution is 2.28. The zero-order valence-corrected chi connectivity index (χ0v) is 11.9. The summed E-state index contributed by atoms with van der Waals surface area (Å²) in [6.45, 7) is 6.55. The Balaban J connectivity index is 2.48. The largest absolute Gasteiger partial charge is 0.480 e. The van der Waals surface area contributed by atoms with Crippen molar-refractivity contribution in [3.63, 3.8) is 0 Å². The van der Waals surface area contributed by atoms with Gasteiger partial charge in [-0.05, 0) is 24.4 Å². The number of aromatic nitrogens is 3. The van der Waals surface area contributed by atoms with Crippen molar-refractivity contribution in [2.24, 2.45) is 5.92 Å². The van der Waals surface area contributed by atoms with Gasteiger partial charge in [0.15, 0.2) is 0 Å². The number of rotatable bonds is 5. The third-order valence-electron chi connectivity index (χ3n) is 2.63. The number of anilines is 1. The van der Waals surface area contributed by atoms with Crippen LogP contribution in [0.2, 0.25) is 0 Å². The van der Waals surface area contributed by atoms with Crippen LogP contribution < -0.4 is 4.90 Å². The molecule has 0 atom stereocenters. The van der Waals surface area contributed by atoms with Gasteiger partial charge >= 0.3 is 5.97 Å². The molecule has 7 heteroatoms. The van der Waals surface area contributed by atoms with Crippen LogP contribution in [0.3, 0.4) is 0 Å². The van der Waals surface area contributed by atoms with Crippen molar-refractivity contribution in [1.82, 2.24) is 14.3 Å². The zero-order chi connectivity index (χ0) is 14.0. The van der Waals surface area contributed by atoms with E-state index in [2.05, 4.69) is 14.3 Å². The van der Waals surface area contributed by atoms with Gasteiger partial charge in [0.25, 0.3) is 0 Å². The van der Waals surface area contributed by atoms with Crippen molar-refractivity contribution in [3.8, 4) is 0 Å². The van der Waals surface area contributed by atoms with Crippen LogP contribution >= 0.6 is 11.5 Å². The number of nitrogens with zero attached hydrogens (tertiary/aromatic N) is 4. The highest BCUT2D eigenvalue weighted by Gasteiger charge is 2.19. The quantitative estimate of drug-likeness (QED) is 0.901. The number of carbonyl (C=O) groups is 1. The lowest BCUT2D eigenvalue weighted by Gasteiger charge is -2.24. The van der Waals surface area contributed by atoms with Gasteiger partial charge in [-0.25, -0.2) is 9.97 Å². The second-order valence-electron chi connectivity index (χ2n) is 4.81. The Morgan fingerprint density at radius 3 is 2.84 bits per heavy atom. The predicted molar refractivity (Wildman–Crippen MR) is 74.6 cm³/mol. The Labute approximate surface area is 115 Å². The minimum Gasteiger partial charge on any atom is -0.480 e. The van der Waals surface area contributed by atoms with E-state index in [4.69, 9.17) is 5.11 Å². The molecule has 2 aromatic rings. The van der Waals surface area contributed by atoms with Gasteiger partial charge < -0.3 is 10.0 Å². The average Bonchev–Trinajstić information content (AvgIpc) is 2.69. The van der Waals surface area contributed by atoms with Crippen molar-refractivity contribution in [3.05, 3.63) is 12.0 Å². The Bertz CT molecular complexity index is 596. The van der Waals surface area contributed by atoms with Crippen molar-refractivity contribution in [2.75, 3.05) is 18.0 Å². The fourth-order valence-electron chi connectivity index (χ4n) is 1.97. The highest BCUT2D eigenvalue weighted by molar-refractivity contribution is 7.13. The van der Waals surface area contributed by atoms with Crippen molar-refractivity contribution >= 4 is 33.5 Å². The topological polar surface area (TPSA) is 79.2 Å². The second kappa shape index (κ2) is 5.48. The van der Waals surface area contributed by atoms with E-state index in [1.54, 1.807) is 4.90 Å². The molecule has 0 aliphatic carbocycles. The summed E-state index contributed by atoms with van der Waals surface area (Å²) in [6.07, 6.45) is 1.46. The number of aliphatic carboxylic acids is 1. The van der Waals surface area contributed by atoms with E-state index in [0.29, 0.717) is 18.3 Å². The van der Waals surface area contributed by atoms with Crippen molar-refractivity contribution in [1.29, 1.82) is 0 Å². The SMILES string of the molecule is Cc1nsc2ncnc(N(CC(=O)O)CC(C)C)c12. The third kappa shape index (κ3) is 2.98. The molecule has 0 unspecified atom stereocenters. The van der Waals surface area contributed by atoms with Crippen LogP contribution in [-0.4, -0.2) is 38.5 Å². The Morgan fingerprint density at radius 1 is 1.47 bits per heavy atom. The monoisotopic (exact) mass is 280 g/mol. The number of fused-ring (bicyclic) bond motifs is 1. The number of aryl methyl sites for hydroxylation is 1. The van der Waals surface area contributed by atoms with Gasteiger partial charge in [0.1, 0.15) is 23.5 Å². The Hall–Kier alpha value is -1.76. The number of hydrogen-bond donors (Lipinski definition) is 1. The van der Waals surface area contributed by atoms with E-state index >= 15 is 0 Å². The van der Waals surface area contributed by atoms with E-state index in [1.807, 2.05) is 20.8 Å². The van der Waals surface area contributed by atoms with Crippen LogP contribution in [0, 0.1) is 12.8 Å². The summed E-state index contributed by atoms with van der Waals surface area (Å²) in [5, 5.41) is 9.91. The van der Waals surface area contributed by atoms with Crippen LogP contribution in [0.15, 0.2) is 6.33 Å². The molecule has 19 heavy (non-hydrogen) atoms. The van der Waals surface area contributed by atoms with E-state index in [1.165, 1.54) is 17.9 Å². The maximum atomic E-state index is 11.0. The van der Waals surface area contributed by atoms with Gasteiger partial charge in [-0.15, -0.1) is 0 Å². The lowest BCUT2D eigenvalue weighted by atomic mass is 10.2. The molecule has 0 radical (unpaired) electrons. The first-order chi connectivity index (χ1) is 8.99. The van der Waals surface area contributed by atoms with Gasteiger partial charge in [0.05, 0.1) is 11.1 Å². The molecule has 0 amide bonds. The number of hydrogen-bond acceptors (Lipinski definition) is 6. The summed E-state index contributed by atoms with van der Waals surface area (Å²) in [4.78, 5) is 22.0. The molecule has 6 nitrogen and oxygen atoms in total. The van der Waals surface area contributed by atoms with E-state index in [9.17, 15) is 4.79 Å². The number of carboxylic acids is 1. The fourth-order valence-corrected chi connectivity index (χ4v) is 2.71. The molecule has 0 spiro atoms. The van der Waals surface area contributed by atoms with Crippen LogP contribution in [0.4, 0.5) is 5.82 Å². The summed E-state index contributed by atoms with van der Waals surface area (Å²) in [7, 11) is 0. The van der Waals surface area contributed by atoms with Crippen LogP contribution in [0.1, 0.15) is 19.5 Å². The highest BCUT2D eigenvalue weighted by atomic mass is 32.1. The van der Waals surface area contributed by atoms with Crippen molar-refractivity contribution < 1.29 is 9.90 Å². The predicted octanol–water partition coefficient (Wildman–Crippen LogP) is 1.94. The first kappa shape index (κ1) is 13.7. The molecule has 2 heterocycles. The Morgan fingerprint density at radius 2 is 2.21 bits per heavy atom. The average molecular weight is 280 g/mol. The van der Waals surface area contributed by atoms with Crippen LogP contribution in [0.25, 0.3) is 10.2 Å². The zero-order valence-electron chi connectivity index (χ0n) is 11.1. The van der Waals surface area contributed by atoms with Gasteiger partial charge in [0.2, 0.25) is 0 Å². The van der Waals surface area contributed by atoms with E-state index in [0.717, 1.165) is 15.9 Å². The first-order valence-corrected chi connectivity index (χ1v) is 6.80. The molecule has 2 aromatic heterocycles. The molecule has 0 saturated carbocycles. The number of carboxylic acid groups (broad SMARTS) is 1. The minimum atomic E-state index is -0.867. The maximum Gasteiger partial charge on any atom is 0.323 e. The van der Waals surface area contributed by atoms with E-state index in [-0.39, 0.29) is 6.54 Å².